The molecule has 1 heterocycles. The number of nitriles is 1. The monoisotopic (exact) mass is 303 g/mol. The molecule has 0 aliphatic carbocycles. The molecule has 0 aliphatic heterocycles. The Morgan fingerprint density at radius 1 is 1.46 bits per heavy atom. The van der Waals surface area contributed by atoms with Crippen LogP contribution < -0.4 is 0 Å². The summed E-state index contributed by atoms with van der Waals surface area (Å²) in [5.74, 6) is -0.388. The van der Waals surface area contributed by atoms with Gasteiger partial charge in [0.2, 0.25) is 0 Å². The highest BCUT2D eigenvalue weighted by Gasteiger charge is 2.12. The Labute approximate surface area is 91.9 Å². The summed E-state index contributed by atoms with van der Waals surface area (Å²) in [6.07, 6.45) is 0. The second-order valence-corrected chi connectivity index (χ2v) is 4.66. The Balaban J connectivity index is 2.94. The van der Waals surface area contributed by atoms with E-state index in [2.05, 4.69) is 22.6 Å². The highest BCUT2D eigenvalue weighted by atomic mass is 127. The number of nitrogens with zero attached hydrogens (tertiary/aromatic N) is 1. The van der Waals surface area contributed by atoms with Gasteiger partial charge in [0.1, 0.15) is 10.9 Å². The van der Waals surface area contributed by atoms with Crippen LogP contribution in [0.5, 0.6) is 0 Å². The molecule has 0 spiro atoms. The van der Waals surface area contributed by atoms with Crippen LogP contribution in [0.25, 0.3) is 10.1 Å². The Kier molecular flexibility index (Phi) is 2.22. The molecule has 0 bridgehead atoms. The van der Waals surface area contributed by atoms with E-state index in [0.717, 1.165) is 8.27 Å². The normalized spacial score (nSPS) is 10.2. The lowest BCUT2D eigenvalue weighted by molar-refractivity contribution is 0.641. The first-order valence-electron chi connectivity index (χ1n) is 3.50. The number of hydrogen-bond acceptors (Lipinski definition) is 2. The van der Waals surface area contributed by atoms with Crippen LogP contribution in [0.2, 0.25) is 0 Å². The third kappa shape index (κ3) is 1.32. The molecule has 0 amide bonds. The fourth-order valence-electron chi connectivity index (χ4n) is 1.13. The van der Waals surface area contributed by atoms with Crippen molar-refractivity contribution in [2.75, 3.05) is 0 Å². The molecule has 0 fully saturated rings. The topological polar surface area (TPSA) is 23.8 Å². The van der Waals surface area contributed by atoms with E-state index in [0.29, 0.717) is 5.39 Å². The maximum absolute atomic E-state index is 13.4. The predicted molar refractivity (Wildman–Crippen MR) is 59.2 cm³/mol. The van der Waals surface area contributed by atoms with E-state index in [1.807, 2.05) is 12.1 Å². The molecule has 13 heavy (non-hydrogen) atoms. The second-order valence-electron chi connectivity index (χ2n) is 2.47. The lowest BCUT2D eigenvalue weighted by Crippen LogP contribution is -1.73. The summed E-state index contributed by atoms with van der Waals surface area (Å²) in [6, 6.07) is 7.25. The quantitative estimate of drug-likeness (QED) is 0.683. The minimum atomic E-state index is -0.388. The van der Waals surface area contributed by atoms with E-state index < -0.39 is 0 Å². The Morgan fingerprint density at radius 3 is 2.85 bits per heavy atom. The van der Waals surface area contributed by atoms with Gasteiger partial charge in [0, 0.05) is 8.96 Å². The molecule has 64 valence electrons. The molecule has 2 aromatic rings. The molecule has 0 unspecified atom stereocenters. The molecule has 1 aromatic carbocycles. The number of thiophene rings is 1. The molecule has 2 rings (SSSR count). The minimum Gasteiger partial charge on any atom is -0.204 e. The van der Waals surface area contributed by atoms with E-state index in [1.54, 1.807) is 12.1 Å². The van der Waals surface area contributed by atoms with Gasteiger partial charge in [-0.15, -0.1) is 11.3 Å². The van der Waals surface area contributed by atoms with Crippen molar-refractivity contribution < 1.29 is 4.39 Å². The van der Waals surface area contributed by atoms with E-state index in [4.69, 9.17) is 5.26 Å². The molecule has 0 N–H and O–H groups in total. The van der Waals surface area contributed by atoms with Crippen LogP contribution in [0.3, 0.4) is 0 Å². The predicted octanol–water partition coefficient (Wildman–Crippen LogP) is 3.52. The van der Waals surface area contributed by atoms with Gasteiger partial charge in [-0.2, -0.15) is 5.26 Å². The zero-order chi connectivity index (χ0) is 9.42. The largest absolute Gasteiger partial charge is 0.204 e. The maximum atomic E-state index is 13.4. The van der Waals surface area contributed by atoms with Crippen molar-refractivity contribution in [3.63, 3.8) is 0 Å². The third-order valence-corrected chi connectivity index (χ3v) is 4.09. The standard InChI is InChI=1S/C9H3FINS/c10-8-5-2-1-3-6(11)9(5)13-7(8)4-12/h1-3H. The van der Waals surface area contributed by atoms with Crippen LogP contribution in [-0.4, -0.2) is 0 Å². The average molecular weight is 303 g/mol. The highest BCUT2D eigenvalue weighted by molar-refractivity contribution is 14.1. The van der Waals surface area contributed by atoms with Crippen molar-refractivity contribution in [3.8, 4) is 6.07 Å². The molecule has 0 aliphatic rings. The second kappa shape index (κ2) is 3.24. The molecule has 0 radical (unpaired) electrons. The minimum absolute atomic E-state index is 0.166. The fourth-order valence-corrected chi connectivity index (χ4v) is 2.84. The summed E-state index contributed by atoms with van der Waals surface area (Å²) in [4.78, 5) is 0.166. The fraction of sp³-hybridized carbons (Fsp3) is 0. The van der Waals surface area contributed by atoms with Gasteiger partial charge in [0.25, 0.3) is 0 Å². The third-order valence-electron chi connectivity index (χ3n) is 1.71. The average Bonchev–Trinajstić information content (AvgIpc) is 2.45. The first kappa shape index (κ1) is 8.91. The van der Waals surface area contributed by atoms with Crippen LogP contribution in [0.4, 0.5) is 4.39 Å². The SMILES string of the molecule is N#Cc1sc2c(I)cccc2c1F. The highest BCUT2D eigenvalue weighted by Crippen LogP contribution is 2.32. The summed E-state index contributed by atoms with van der Waals surface area (Å²) in [6.45, 7) is 0. The molecule has 0 saturated carbocycles. The summed E-state index contributed by atoms with van der Waals surface area (Å²) in [7, 11) is 0. The molecular weight excluding hydrogens is 300 g/mol. The van der Waals surface area contributed by atoms with Crippen LogP contribution in [-0.2, 0) is 0 Å². The molecule has 1 nitrogen and oxygen atoms in total. The number of hydrogen-bond donors (Lipinski definition) is 0. The zero-order valence-electron chi connectivity index (χ0n) is 6.34. The van der Waals surface area contributed by atoms with Gasteiger partial charge >= 0.3 is 0 Å². The molecule has 0 atom stereocenters. The number of rotatable bonds is 0. The van der Waals surface area contributed by atoms with Gasteiger partial charge in [-0.05, 0) is 28.7 Å². The van der Waals surface area contributed by atoms with Crippen molar-refractivity contribution in [2.24, 2.45) is 0 Å². The van der Waals surface area contributed by atoms with Crippen LogP contribution in [0.15, 0.2) is 18.2 Å². The molecule has 1 aromatic heterocycles. The smallest absolute Gasteiger partial charge is 0.159 e. The van der Waals surface area contributed by atoms with E-state index in [1.165, 1.54) is 11.3 Å². The van der Waals surface area contributed by atoms with Gasteiger partial charge in [-0.3, -0.25) is 0 Å². The number of benzene rings is 1. The van der Waals surface area contributed by atoms with Crippen molar-refractivity contribution in [1.29, 1.82) is 5.26 Å². The summed E-state index contributed by atoms with van der Waals surface area (Å²) in [5.41, 5.74) is 0. The number of halogens is 2. The Hall–Kier alpha value is -0.670. The van der Waals surface area contributed by atoms with Crippen molar-refractivity contribution in [1.82, 2.24) is 0 Å². The molecule has 4 heteroatoms. The maximum Gasteiger partial charge on any atom is 0.159 e. The lowest BCUT2D eigenvalue weighted by atomic mass is 10.2. The van der Waals surface area contributed by atoms with Crippen LogP contribution >= 0.6 is 33.9 Å². The molecular formula is C9H3FINS. The van der Waals surface area contributed by atoms with E-state index in [-0.39, 0.29) is 10.7 Å². The lowest BCUT2D eigenvalue weighted by Gasteiger charge is -1.90. The van der Waals surface area contributed by atoms with Crippen molar-refractivity contribution in [3.05, 3.63) is 32.5 Å². The van der Waals surface area contributed by atoms with Gasteiger partial charge in [-0.1, -0.05) is 12.1 Å². The van der Waals surface area contributed by atoms with Crippen molar-refractivity contribution >= 4 is 44.0 Å². The van der Waals surface area contributed by atoms with Crippen LogP contribution in [0, 0.1) is 20.7 Å². The zero-order valence-corrected chi connectivity index (χ0v) is 9.32. The Bertz CT molecular complexity index is 512. The van der Waals surface area contributed by atoms with Gasteiger partial charge in [0.05, 0.1) is 4.70 Å². The first-order chi connectivity index (χ1) is 6.24. The Morgan fingerprint density at radius 2 is 2.23 bits per heavy atom. The van der Waals surface area contributed by atoms with Gasteiger partial charge in [0.15, 0.2) is 5.82 Å². The van der Waals surface area contributed by atoms with Gasteiger partial charge in [-0.25, -0.2) is 4.39 Å². The van der Waals surface area contributed by atoms with Crippen molar-refractivity contribution in [2.45, 2.75) is 0 Å². The summed E-state index contributed by atoms with van der Waals surface area (Å²) < 4.78 is 15.2. The van der Waals surface area contributed by atoms with E-state index in [9.17, 15) is 4.39 Å². The van der Waals surface area contributed by atoms with E-state index >= 15 is 0 Å². The molecule has 0 saturated heterocycles. The summed E-state index contributed by atoms with van der Waals surface area (Å²) >= 11 is 3.35. The van der Waals surface area contributed by atoms with Crippen LogP contribution in [0.1, 0.15) is 4.88 Å². The number of fused-ring (bicyclic) bond motifs is 1. The van der Waals surface area contributed by atoms with Gasteiger partial charge < -0.3 is 0 Å². The summed E-state index contributed by atoms with van der Waals surface area (Å²) in [5, 5.41) is 9.18. The first-order valence-corrected chi connectivity index (χ1v) is 5.40.